The third-order valence-electron chi connectivity index (χ3n) is 1.73. The Morgan fingerprint density at radius 1 is 1.14 bits per heavy atom. The Labute approximate surface area is 86.9 Å². The number of hydrogen-bond donors (Lipinski definition) is 1. The molecule has 0 aliphatic carbocycles. The summed E-state index contributed by atoms with van der Waals surface area (Å²) in [6, 6.07) is 0. The molecule has 0 amide bonds. The third-order valence-corrected chi connectivity index (χ3v) is 3.59. The van der Waals surface area contributed by atoms with Gasteiger partial charge in [-0.1, -0.05) is 6.92 Å². The van der Waals surface area contributed by atoms with Crippen LogP contribution in [0.1, 0.15) is 20.3 Å². The summed E-state index contributed by atoms with van der Waals surface area (Å²) in [6.45, 7) is 6.40. The van der Waals surface area contributed by atoms with Gasteiger partial charge in [0.25, 0.3) is 0 Å². The Hall–Kier alpha value is -0.130. The molecule has 86 valence electrons. The standard InChI is InChI=1S/C9H21NO3S/c1-3-8-14(11,12)9-6-10-5-7-13-4-2/h10H,3-9H2,1-2H3. The van der Waals surface area contributed by atoms with Gasteiger partial charge in [0.15, 0.2) is 9.84 Å². The summed E-state index contributed by atoms with van der Waals surface area (Å²) in [6.07, 6.45) is 0.696. The van der Waals surface area contributed by atoms with Crippen molar-refractivity contribution in [2.45, 2.75) is 20.3 Å². The minimum atomic E-state index is -2.83. The molecule has 0 unspecified atom stereocenters. The lowest BCUT2D eigenvalue weighted by Gasteiger charge is -2.05. The van der Waals surface area contributed by atoms with Crippen molar-refractivity contribution < 1.29 is 13.2 Å². The van der Waals surface area contributed by atoms with Crippen molar-refractivity contribution in [3.63, 3.8) is 0 Å². The van der Waals surface area contributed by atoms with Crippen molar-refractivity contribution in [2.24, 2.45) is 0 Å². The van der Waals surface area contributed by atoms with Gasteiger partial charge in [0.1, 0.15) is 0 Å². The highest BCUT2D eigenvalue weighted by Crippen LogP contribution is 1.91. The molecule has 0 aliphatic rings. The number of nitrogens with one attached hydrogen (secondary N) is 1. The van der Waals surface area contributed by atoms with Crippen molar-refractivity contribution in [2.75, 3.05) is 37.8 Å². The van der Waals surface area contributed by atoms with Crippen molar-refractivity contribution in [3.05, 3.63) is 0 Å². The zero-order valence-corrected chi connectivity index (χ0v) is 9.90. The van der Waals surface area contributed by atoms with Crippen LogP contribution >= 0.6 is 0 Å². The molecule has 0 radical (unpaired) electrons. The maximum atomic E-state index is 11.2. The zero-order chi connectivity index (χ0) is 10.9. The van der Waals surface area contributed by atoms with E-state index in [2.05, 4.69) is 5.32 Å². The van der Waals surface area contributed by atoms with Crippen LogP contribution in [0.5, 0.6) is 0 Å². The normalized spacial score (nSPS) is 11.9. The van der Waals surface area contributed by atoms with Crippen LogP contribution in [-0.2, 0) is 14.6 Å². The predicted octanol–water partition coefficient (Wildman–Crippen LogP) is 0.437. The number of ether oxygens (including phenoxy) is 1. The maximum Gasteiger partial charge on any atom is 0.151 e. The van der Waals surface area contributed by atoms with E-state index in [1.807, 2.05) is 13.8 Å². The lowest BCUT2D eigenvalue weighted by atomic mass is 10.6. The number of hydrogen-bond acceptors (Lipinski definition) is 4. The van der Waals surface area contributed by atoms with E-state index in [1.165, 1.54) is 0 Å². The van der Waals surface area contributed by atoms with Gasteiger partial charge < -0.3 is 10.1 Å². The van der Waals surface area contributed by atoms with Gasteiger partial charge in [-0.25, -0.2) is 8.42 Å². The van der Waals surface area contributed by atoms with Gasteiger partial charge in [0.2, 0.25) is 0 Å². The van der Waals surface area contributed by atoms with Crippen molar-refractivity contribution in [1.82, 2.24) is 5.32 Å². The fraction of sp³-hybridized carbons (Fsp3) is 1.00. The second kappa shape index (κ2) is 8.20. The molecule has 0 rings (SSSR count). The highest BCUT2D eigenvalue weighted by atomic mass is 32.2. The average molecular weight is 223 g/mol. The van der Waals surface area contributed by atoms with Gasteiger partial charge in [-0.2, -0.15) is 0 Å². The van der Waals surface area contributed by atoms with Crippen molar-refractivity contribution >= 4 is 9.84 Å². The summed E-state index contributed by atoms with van der Waals surface area (Å²) < 4.78 is 27.6. The van der Waals surface area contributed by atoms with E-state index in [-0.39, 0.29) is 5.75 Å². The van der Waals surface area contributed by atoms with E-state index in [0.717, 1.165) is 6.54 Å². The molecule has 0 aromatic carbocycles. The molecule has 0 saturated carbocycles. The maximum absolute atomic E-state index is 11.2. The minimum absolute atomic E-state index is 0.229. The highest BCUT2D eigenvalue weighted by Gasteiger charge is 2.07. The summed E-state index contributed by atoms with van der Waals surface area (Å²) >= 11 is 0. The second-order valence-corrected chi connectivity index (χ2v) is 5.40. The molecule has 0 aromatic heterocycles. The van der Waals surface area contributed by atoms with Crippen LogP contribution < -0.4 is 5.32 Å². The van der Waals surface area contributed by atoms with Crippen LogP contribution in [0.2, 0.25) is 0 Å². The van der Waals surface area contributed by atoms with E-state index in [1.54, 1.807) is 0 Å². The van der Waals surface area contributed by atoms with Crippen molar-refractivity contribution in [1.29, 1.82) is 0 Å². The first kappa shape index (κ1) is 13.9. The molecule has 4 nitrogen and oxygen atoms in total. The highest BCUT2D eigenvalue weighted by molar-refractivity contribution is 7.91. The Balaban J connectivity index is 3.35. The summed E-state index contributed by atoms with van der Waals surface area (Å²) in [5, 5.41) is 3.03. The first-order valence-corrected chi connectivity index (χ1v) is 6.93. The quantitative estimate of drug-likeness (QED) is 0.576. The fourth-order valence-electron chi connectivity index (χ4n) is 1.05. The Morgan fingerprint density at radius 2 is 1.86 bits per heavy atom. The monoisotopic (exact) mass is 223 g/mol. The third kappa shape index (κ3) is 8.47. The van der Waals surface area contributed by atoms with E-state index < -0.39 is 9.84 Å². The van der Waals surface area contributed by atoms with E-state index >= 15 is 0 Å². The van der Waals surface area contributed by atoms with Gasteiger partial charge in [-0.05, 0) is 13.3 Å². The summed E-state index contributed by atoms with van der Waals surface area (Å²) in [7, 11) is -2.83. The molecule has 0 aliphatic heterocycles. The van der Waals surface area contributed by atoms with E-state index in [4.69, 9.17) is 4.74 Å². The van der Waals surface area contributed by atoms with Gasteiger partial charge in [0.05, 0.1) is 12.4 Å². The van der Waals surface area contributed by atoms with Gasteiger partial charge >= 0.3 is 0 Å². The summed E-state index contributed by atoms with van der Waals surface area (Å²) in [5.74, 6) is 0.521. The average Bonchev–Trinajstić information content (AvgIpc) is 2.11. The molecule has 0 spiro atoms. The SMILES string of the molecule is CCCS(=O)(=O)CCNCCOCC. The molecular formula is C9H21NO3S. The number of rotatable bonds is 9. The molecule has 5 heteroatoms. The van der Waals surface area contributed by atoms with Crippen LogP contribution in [-0.4, -0.2) is 46.2 Å². The van der Waals surface area contributed by atoms with E-state index in [9.17, 15) is 8.42 Å². The van der Waals surface area contributed by atoms with E-state index in [0.29, 0.717) is 31.9 Å². The first-order chi connectivity index (χ1) is 6.62. The molecule has 14 heavy (non-hydrogen) atoms. The molecule has 0 saturated heterocycles. The summed E-state index contributed by atoms with van der Waals surface area (Å²) in [4.78, 5) is 0. The summed E-state index contributed by atoms with van der Waals surface area (Å²) in [5.41, 5.74) is 0. The van der Waals surface area contributed by atoms with Crippen LogP contribution in [0.15, 0.2) is 0 Å². The predicted molar refractivity (Wildman–Crippen MR) is 58.3 cm³/mol. The Bertz CT molecular complexity index is 214. The Morgan fingerprint density at radius 3 is 2.43 bits per heavy atom. The molecule has 0 atom stereocenters. The smallest absolute Gasteiger partial charge is 0.151 e. The zero-order valence-electron chi connectivity index (χ0n) is 9.08. The first-order valence-electron chi connectivity index (χ1n) is 5.11. The number of sulfone groups is 1. The van der Waals surface area contributed by atoms with Crippen LogP contribution in [0.3, 0.4) is 0 Å². The molecule has 0 heterocycles. The van der Waals surface area contributed by atoms with Crippen LogP contribution in [0.4, 0.5) is 0 Å². The van der Waals surface area contributed by atoms with Crippen molar-refractivity contribution in [3.8, 4) is 0 Å². The lowest BCUT2D eigenvalue weighted by molar-refractivity contribution is 0.150. The Kier molecular flexibility index (Phi) is 8.12. The molecular weight excluding hydrogens is 202 g/mol. The second-order valence-electron chi connectivity index (χ2n) is 3.10. The molecule has 0 aromatic rings. The largest absolute Gasteiger partial charge is 0.380 e. The van der Waals surface area contributed by atoms with Gasteiger partial charge in [-0.15, -0.1) is 0 Å². The van der Waals surface area contributed by atoms with Crippen LogP contribution in [0.25, 0.3) is 0 Å². The fourth-order valence-corrected chi connectivity index (χ4v) is 2.34. The molecule has 1 N–H and O–H groups in total. The van der Waals surface area contributed by atoms with Crippen LogP contribution in [0, 0.1) is 0 Å². The lowest BCUT2D eigenvalue weighted by Crippen LogP contribution is -2.27. The molecule has 0 bridgehead atoms. The minimum Gasteiger partial charge on any atom is -0.380 e. The topological polar surface area (TPSA) is 55.4 Å². The van der Waals surface area contributed by atoms with Gasteiger partial charge in [0, 0.05) is 25.4 Å². The molecule has 0 fully saturated rings. The van der Waals surface area contributed by atoms with Gasteiger partial charge in [-0.3, -0.25) is 0 Å².